The van der Waals surface area contributed by atoms with Crippen molar-refractivity contribution in [3.05, 3.63) is 46.6 Å². The topological polar surface area (TPSA) is 88.2 Å². The molecule has 3 heterocycles. The number of thiophene rings is 1. The number of anilines is 2. The maximum atomic E-state index is 12.4. The zero-order chi connectivity index (χ0) is 23.0. The fraction of sp³-hybridized carbons (Fsp3) is 0.316. The van der Waals surface area contributed by atoms with Gasteiger partial charge in [0.15, 0.2) is 0 Å². The quantitative estimate of drug-likeness (QED) is 0.820. The van der Waals surface area contributed by atoms with Gasteiger partial charge in [0, 0.05) is 17.9 Å². The molecule has 0 bridgehead atoms. The highest BCUT2D eigenvalue weighted by Gasteiger charge is 2.32. The number of morpholine rings is 1. The van der Waals surface area contributed by atoms with Crippen LogP contribution in [0.25, 0.3) is 0 Å². The van der Waals surface area contributed by atoms with Crippen LogP contribution in [0.3, 0.4) is 0 Å². The van der Waals surface area contributed by atoms with Crippen LogP contribution in [0.1, 0.15) is 15.2 Å². The lowest BCUT2D eigenvalue weighted by Crippen LogP contribution is -2.41. The molecule has 0 spiro atoms. The van der Waals surface area contributed by atoms with E-state index in [9.17, 15) is 14.4 Å². The van der Waals surface area contributed by atoms with Gasteiger partial charge >= 0.3 is 6.09 Å². The van der Waals surface area contributed by atoms with Gasteiger partial charge in [0.25, 0.3) is 11.8 Å². The predicted molar refractivity (Wildman–Crippen MR) is 104 cm³/mol. The molecule has 2 fully saturated rings. The molecule has 2 aliphatic heterocycles. The average Bonchev–Trinajstić information content (AvgIpc) is 3.43. The van der Waals surface area contributed by atoms with Gasteiger partial charge in [-0.15, -0.1) is 11.3 Å². The molecule has 1 aromatic carbocycles. The summed E-state index contributed by atoms with van der Waals surface area (Å²) < 4.78 is 43.7. The zero-order valence-corrected chi connectivity index (χ0v) is 15.5. The van der Waals surface area contributed by atoms with Crippen molar-refractivity contribution in [3.8, 4) is 0 Å². The molecule has 2 aromatic rings. The van der Waals surface area contributed by atoms with Crippen molar-refractivity contribution in [1.29, 1.82) is 0 Å². The number of benzene rings is 1. The summed E-state index contributed by atoms with van der Waals surface area (Å²) in [5, 5.41) is 4.44. The fourth-order valence-electron chi connectivity index (χ4n) is 2.84. The lowest BCUT2D eigenvalue weighted by molar-refractivity contribution is -0.125. The summed E-state index contributed by atoms with van der Waals surface area (Å²) in [6.07, 6.45) is -1.56. The van der Waals surface area contributed by atoms with Crippen LogP contribution in [0.2, 0.25) is 0 Å². The third-order valence-electron chi connectivity index (χ3n) is 4.23. The Morgan fingerprint density at radius 2 is 2.00 bits per heavy atom. The van der Waals surface area contributed by atoms with Crippen molar-refractivity contribution >= 4 is 40.6 Å². The van der Waals surface area contributed by atoms with Crippen LogP contribution in [0.5, 0.6) is 0 Å². The van der Waals surface area contributed by atoms with Crippen LogP contribution in [-0.4, -0.2) is 56.9 Å². The molecule has 28 heavy (non-hydrogen) atoms. The van der Waals surface area contributed by atoms with Crippen molar-refractivity contribution in [2.24, 2.45) is 0 Å². The molecule has 0 aliphatic carbocycles. The highest BCUT2D eigenvalue weighted by Crippen LogP contribution is 2.25. The average molecular weight is 405 g/mol. The molecule has 9 heteroatoms. The Kier molecular flexibility index (Phi) is 4.04. The third-order valence-corrected chi connectivity index (χ3v) is 5.10. The van der Waals surface area contributed by atoms with E-state index in [1.807, 2.05) is 0 Å². The fourth-order valence-corrected chi connectivity index (χ4v) is 3.48. The number of nitrogens with one attached hydrogen (secondary N) is 1. The number of nitrogens with zero attached hydrogens (tertiary/aromatic N) is 2. The molecule has 1 N–H and O–H groups in total. The summed E-state index contributed by atoms with van der Waals surface area (Å²) in [4.78, 5) is 39.4. The van der Waals surface area contributed by atoms with Crippen LogP contribution in [0.15, 0.2) is 41.7 Å². The number of cyclic esters (lactones) is 1. The molecule has 2 saturated heterocycles. The van der Waals surface area contributed by atoms with Gasteiger partial charge in [0.2, 0.25) is 0 Å². The van der Waals surface area contributed by atoms with Gasteiger partial charge in [0.05, 0.1) is 30.1 Å². The van der Waals surface area contributed by atoms with E-state index < -0.39 is 42.3 Å². The van der Waals surface area contributed by atoms with E-state index in [2.05, 4.69) is 5.32 Å². The molecule has 3 amide bonds. The van der Waals surface area contributed by atoms with Crippen LogP contribution >= 0.6 is 11.3 Å². The normalized spacial score (nSPS) is 21.6. The molecule has 0 unspecified atom stereocenters. The molecule has 8 nitrogen and oxygen atoms in total. The number of carbonyl (C=O) groups excluding carboxylic acids is 3. The molecule has 1 atom stereocenters. The van der Waals surface area contributed by atoms with Gasteiger partial charge < -0.3 is 19.7 Å². The van der Waals surface area contributed by atoms with Crippen LogP contribution < -0.4 is 15.1 Å². The predicted octanol–water partition coefficient (Wildman–Crippen LogP) is 1.87. The van der Waals surface area contributed by atoms with Crippen molar-refractivity contribution in [1.82, 2.24) is 5.32 Å². The van der Waals surface area contributed by atoms with Crippen LogP contribution in [-0.2, 0) is 14.3 Å². The van der Waals surface area contributed by atoms with Gasteiger partial charge in [-0.25, -0.2) is 4.79 Å². The highest BCUT2D eigenvalue weighted by atomic mass is 32.1. The van der Waals surface area contributed by atoms with E-state index in [1.165, 1.54) is 16.2 Å². The first-order valence-corrected chi connectivity index (χ1v) is 9.45. The molecule has 4 rings (SSSR count). The Balaban J connectivity index is 1.56. The molecule has 146 valence electrons. The van der Waals surface area contributed by atoms with E-state index >= 15 is 0 Å². The van der Waals surface area contributed by atoms with Crippen molar-refractivity contribution < 1.29 is 29.3 Å². The molecule has 1 aromatic heterocycles. The number of carbonyl (C=O) groups is 3. The minimum atomic E-state index is -0.837. The van der Waals surface area contributed by atoms with E-state index in [4.69, 9.17) is 15.0 Å². The number of amides is 3. The summed E-state index contributed by atoms with van der Waals surface area (Å²) in [6, 6.07) is 1.63. The molecule has 0 radical (unpaired) electrons. The van der Waals surface area contributed by atoms with E-state index in [-0.39, 0.29) is 50.1 Å². The first-order chi connectivity index (χ1) is 15.3. The Labute approximate surface area is 171 Å². The largest absolute Gasteiger partial charge is 0.442 e. The maximum absolute atomic E-state index is 12.4. The van der Waals surface area contributed by atoms with Crippen LogP contribution in [0, 0.1) is 0 Å². The first kappa shape index (κ1) is 14.1. The lowest BCUT2D eigenvalue weighted by atomic mass is 10.2. The summed E-state index contributed by atoms with van der Waals surface area (Å²) in [5.41, 5.74) is -0.383. The molecular formula is C19H19N3O5S. The maximum Gasteiger partial charge on any atom is 0.414 e. The van der Waals surface area contributed by atoms with Gasteiger partial charge in [-0.2, -0.15) is 0 Å². The second kappa shape index (κ2) is 7.99. The molecule has 0 saturated carbocycles. The Bertz CT molecular complexity index is 1050. The summed E-state index contributed by atoms with van der Waals surface area (Å²) >= 11 is 1.27. The van der Waals surface area contributed by atoms with Crippen molar-refractivity contribution in [2.45, 2.75) is 6.10 Å². The van der Waals surface area contributed by atoms with Gasteiger partial charge in [-0.05, 0) is 35.6 Å². The summed E-state index contributed by atoms with van der Waals surface area (Å²) in [5.74, 6) is -0.773. The second-order valence-corrected chi connectivity index (χ2v) is 7.05. The van der Waals surface area contributed by atoms with E-state index in [0.29, 0.717) is 4.88 Å². The van der Waals surface area contributed by atoms with Crippen molar-refractivity contribution in [2.75, 3.05) is 42.6 Å². The van der Waals surface area contributed by atoms with Crippen LogP contribution in [0.4, 0.5) is 16.2 Å². The minimum absolute atomic E-state index is 0.0292. The van der Waals surface area contributed by atoms with Crippen molar-refractivity contribution in [3.63, 3.8) is 0 Å². The van der Waals surface area contributed by atoms with E-state index in [0.717, 1.165) is 4.90 Å². The number of hydrogen-bond acceptors (Lipinski definition) is 6. The standard InChI is InChI=1S/C19H19N3O5S/c23-17-12-26-8-7-21(17)13-3-5-14(6-4-13)22-11-15(27-19(22)25)10-20-18(24)16-2-1-9-28-16/h1-6,9,15H,7-8,10-12H2,(H,20,24)/t15-/m0/s1/i3D,4D,5D,6D. The lowest BCUT2D eigenvalue weighted by Gasteiger charge is -2.27. The smallest absolute Gasteiger partial charge is 0.414 e. The van der Waals surface area contributed by atoms with E-state index in [1.54, 1.807) is 17.5 Å². The Morgan fingerprint density at radius 1 is 1.25 bits per heavy atom. The number of ether oxygens (including phenoxy) is 2. The molecular weight excluding hydrogens is 382 g/mol. The summed E-state index contributed by atoms with van der Waals surface area (Å²) in [7, 11) is 0. The van der Waals surface area contributed by atoms with Gasteiger partial charge in [-0.3, -0.25) is 14.5 Å². The molecule has 2 aliphatic rings. The SMILES string of the molecule is [2H]c1c([2H])c(N2C[C@H](CNC(=O)c3cccs3)OC2=O)c([2H])c([2H])c1N1CCOCC1=O. The Morgan fingerprint density at radius 3 is 2.68 bits per heavy atom. The second-order valence-electron chi connectivity index (χ2n) is 6.10. The monoisotopic (exact) mass is 405 g/mol. The highest BCUT2D eigenvalue weighted by molar-refractivity contribution is 7.12. The number of hydrogen-bond donors (Lipinski definition) is 1. The first-order valence-electron chi connectivity index (χ1n) is 10.6. The Hall–Kier alpha value is -2.91. The summed E-state index contributed by atoms with van der Waals surface area (Å²) in [6.45, 7) is 0.0765. The van der Waals surface area contributed by atoms with Gasteiger partial charge in [-0.1, -0.05) is 6.07 Å². The van der Waals surface area contributed by atoms with Gasteiger partial charge in [0.1, 0.15) is 12.7 Å². The minimum Gasteiger partial charge on any atom is -0.442 e. The third kappa shape index (κ3) is 3.85. The number of rotatable bonds is 5. The zero-order valence-electron chi connectivity index (χ0n) is 18.7.